The fourth-order valence-electron chi connectivity index (χ4n) is 1.38. The maximum Gasteiger partial charge on any atom is 0.239 e. The van der Waals surface area contributed by atoms with Crippen LogP contribution in [0.4, 0.5) is 11.8 Å². The molecule has 3 N–H and O–H groups in total. The number of rotatable bonds is 4. The molecule has 0 atom stereocenters. The largest absolute Gasteiger partial charge is 0.354 e. The Hall–Kier alpha value is -1.37. The van der Waals surface area contributed by atoms with E-state index in [-0.39, 0.29) is 0 Å². The highest BCUT2D eigenvalue weighted by molar-refractivity contribution is 7.16. The highest BCUT2D eigenvalue weighted by atomic mass is 35.5. The van der Waals surface area contributed by atoms with E-state index in [1.54, 1.807) is 17.5 Å². The molecule has 0 aliphatic carbocycles. The van der Waals surface area contributed by atoms with E-state index in [4.69, 9.17) is 17.4 Å². The molecule has 0 aromatic carbocycles. The Morgan fingerprint density at radius 3 is 2.94 bits per heavy atom. The fraction of sp³-hybridized carbons (Fsp3) is 0.200. The van der Waals surface area contributed by atoms with Crippen LogP contribution in [0, 0.1) is 0 Å². The Labute approximate surface area is 108 Å². The molecule has 0 radical (unpaired) electrons. The van der Waals surface area contributed by atoms with Gasteiger partial charge in [0.05, 0.1) is 10.9 Å². The van der Waals surface area contributed by atoms with Crippen LogP contribution in [0.15, 0.2) is 24.4 Å². The van der Waals surface area contributed by atoms with Crippen LogP contribution in [0.3, 0.4) is 0 Å². The summed E-state index contributed by atoms with van der Waals surface area (Å²) in [5.74, 6) is 6.47. The average Bonchev–Trinajstić information content (AvgIpc) is 2.75. The molecule has 0 bridgehead atoms. The van der Waals surface area contributed by atoms with Gasteiger partial charge in [0.25, 0.3) is 0 Å². The van der Waals surface area contributed by atoms with E-state index < -0.39 is 0 Å². The Balaban J connectivity index is 2.11. The van der Waals surface area contributed by atoms with Gasteiger partial charge >= 0.3 is 0 Å². The predicted octanol–water partition coefficient (Wildman–Crippen LogP) is 2.11. The van der Waals surface area contributed by atoms with Crippen LogP contribution < -0.4 is 16.2 Å². The number of halogens is 1. The number of thiophene rings is 1. The summed E-state index contributed by atoms with van der Waals surface area (Å²) < 4.78 is 0.792. The molecule has 7 heteroatoms. The first kappa shape index (κ1) is 12.1. The van der Waals surface area contributed by atoms with Gasteiger partial charge in [-0.1, -0.05) is 11.6 Å². The zero-order valence-electron chi connectivity index (χ0n) is 9.22. The van der Waals surface area contributed by atoms with Gasteiger partial charge in [0, 0.05) is 18.1 Å². The maximum absolute atomic E-state index is 5.89. The number of hydrogen-bond acceptors (Lipinski definition) is 6. The third-order valence-electron chi connectivity index (χ3n) is 2.18. The summed E-state index contributed by atoms with van der Waals surface area (Å²) in [4.78, 5) is 11.4. The van der Waals surface area contributed by atoms with Crippen molar-refractivity contribution in [2.75, 3.05) is 17.4 Å². The van der Waals surface area contributed by atoms with Crippen LogP contribution >= 0.6 is 22.9 Å². The van der Waals surface area contributed by atoms with Crippen molar-refractivity contribution in [3.63, 3.8) is 0 Å². The number of hydrogen-bond donors (Lipinski definition) is 2. The monoisotopic (exact) mass is 269 g/mol. The smallest absolute Gasteiger partial charge is 0.239 e. The number of nitrogens with two attached hydrogens (primary N) is 1. The van der Waals surface area contributed by atoms with Gasteiger partial charge in [-0.25, -0.2) is 10.8 Å². The normalized spacial score (nSPS) is 10.3. The Kier molecular flexibility index (Phi) is 3.78. The van der Waals surface area contributed by atoms with Gasteiger partial charge < -0.3 is 4.90 Å². The molecule has 90 valence electrons. The number of anilines is 2. The van der Waals surface area contributed by atoms with Crippen molar-refractivity contribution < 1.29 is 0 Å². The van der Waals surface area contributed by atoms with Crippen LogP contribution in [0.5, 0.6) is 0 Å². The first-order chi connectivity index (χ1) is 8.19. The average molecular weight is 270 g/mol. The highest BCUT2D eigenvalue weighted by Crippen LogP contribution is 2.23. The number of nitrogens with zero attached hydrogens (tertiary/aromatic N) is 3. The Bertz CT molecular complexity index is 501. The minimum absolute atomic E-state index is 0.401. The number of aromatic nitrogens is 2. The summed E-state index contributed by atoms with van der Waals surface area (Å²) in [6.45, 7) is 0.748. The zero-order valence-corrected chi connectivity index (χ0v) is 10.8. The topological polar surface area (TPSA) is 67.1 Å². The Morgan fingerprint density at radius 1 is 1.47 bits per heavy atom. The minimum Gasteiger partial charge on any atom is -0.354 e. The molecule has 2 heterocycles. The lowest BCUT2D eigenvalue weighted by Crippen LogP contribution is -2.18. The molecule has 0 unspecified atom stereocenters. The van der Waals surface area contributed by atoms with E-state index in [2.05, 4.69) is 15.4 Å². The highest BCUT2D eigenvalue weighted by Gasteiger charge is 2.06. The molecule has 2 aromatic heterocycles. The standard InChI is InChI=1S/C10H12ClN5S/c1-16(6-7-2-3-8(11)17-7)9-4-5-13-10(14-9)15-12/h2-5H,6,12H2,1H3,(H,13,14,15). The van der Waals surface area contributed by atoms with Crippen LogP contribution in [0.25, 0.3) is 0 Å². The molecule has 0 saturated heterocycles. The van der Waals surface area contributed by atoms with Gasteiger partial charge in [-0.3, -0.25) is 5.43 Å². The Morgan fingerprint density at radius 2 is 2.29 bits per heavy atom. The van der Waals surface area contributed by atoms with Crippen molar-refractivity contribution in [1.82, 2.24) is 9.97 Å². The van der Waals surface area contributed by atoms with Crippen molar-refractivity contribution in [2.24, 2.45) is 5.84 Å². The van der Waals surface area contributed by atoms with Crippen molar-refractivity contribution in [2.45, 2.75) is 6.54 Å². The SMILES string of the molecule is CN(Cc1ccc(Cl)s1)c1ccnc(NN)n1. The van der Waals surface area contributed by atoms with E-state index >= 15 is 0 Å². The van der Waals surface area contributed by atoms with Gasteiger partial charge in [-0.15, -0.1) is 11.3 Å². The summed E-state index contributed by atoms with van der Waals surface area (Å²) in [5.41, 5.74) is 2.42. The molecule has 0 spiro atoms. The summed E-state index contributed by atoms with van der Waals surface area (Å²) in [6.07, 6.45) is 1.66. The van der Waals surface area contributed by atoms with E-state index in [9.17, 15) is 0 Å². The van der Waals surface area contributed by atoms with E-state index in [1.165, 1.54) is 4.88 Å². The lowest BCUT2D eigenvalue weighted by atomic mass is 10.4. The quantitative estimate of drug-likeness (QED) is 0.657. The van der Waals surface area contributed by atoms with E-state index in [0.29, 0.717) is 5.95 Å². The summed E-state index contributed by atoms with van der Waals surface area (Å²) in [7, 11) is 1.95. The summed E-state index contributed by atoms with van der Waals surface area (Å²) >= 11 is 7.45. The van der Waals surface area contributed by atoms with Crippen LogP contribution in [-0.2, 0) is 6.54 Å². The van der Waals surface area contributed by atoms with Gasteiger partial charge in [0.1, 0.15) is 5.82 Å². The van der Waals surface area contributed by atoms with Crippen molar-refractivity contribution >= 4 is 34.7 Å². The van der Waals surface area contributed by atoms with Gasteiger partial charge in [-0.05, 0) is 18.2 Å². The maximum atomic E-state index is 5.89. The molecule has 5 nitrogen and oxygen atoms in total. The molecule has 2 aromatic rings. The molecule has 2 rings (SSSR count). The third kappa shape index (κ3) is 3.06. The van der Waals surface area contributed by atoms with Crippen molar-refractivity contribution in [1.29, 1.82) is 0 Å². The zero-order chi connectivity index (χ0) is 12.3. The minimum atomic E-state index is 0.401. The summed E-state index contributed by atoms with van der Waals surface area (Å²) in [5, 5.41) is 0. The summed E-state index contributed by atoms with van der Waals surface area (Å²) in [6, 6.07) is 5.73. The number of hydrazine groups is 1. The van der Waals surface area contributed by atoms with Crippen molar-refractivity contribution in [3.05, 3.63) is 33.6 Å². The molecular formula is C10H12ClN5S. The van der Waals surface area contributed by atoms with Gasteiger partial charge in [0.2, 0.25) is 5.95 Å². The number of nitrogens with one attached hydrogen (secondary N) is 1. The molecule has 17 heavy (non-hydrogen) atoms. The molecule has 0 amide bonds. The van der Waals surface area contributed by atoms with Crippen LogP contribution in [0.2, 0.25) is 4.34 Å². The molecule has 0 aliphatic rings. The second kappa shape index (κ2) is 5.31. The lowest BCUT2D eigenvalue weighted by molar-refractivity contribution is 0.904. The fourth-order valence-corrected chi connectivity index (χ4v) is 2.52. The van der Waals surface area contributed by atoms with Crippen LogP contribution in [0.1, 0.15) is 4.88 Å². The first-order valence-corrected chi connectivity index (χ1v) is 6.13. The van der Waals surface area contributed by atoms with Gasteiger partial charge in [0.15, 0.2) is 0 Å². The first-order valence-electron chi connectivity index (χ1n) is 4.94. The molecule has 0 aliphatic heterocycles. The molecule has 0 fully saturated rings. The van der Waals surface area contributed by atoms with E-state index in [0.717, 1.165) is 16.7 Å². The second-order valence-corrected chi connectivity index (χ2v) is 5.24. The van der Waals surface area contributed by atoms with E-state index in [1.807, 2.05) is 30.1 Å². The molecule has 0 saturated carbocycles. The predicted molar refractivity (Wildman–Crippen MR) is 71.3 cm³/mol. The third-order valence-corrected chi connectivity index (χ3v) is 3.40. The lowest BCUT2D eigenvalue weighted by Gasteiger charge is -2.17. The number of nitrogen functional groups attached to an aromatic ring is 1. The second-order valence-electron chi connectivity index (χ2n) is 3.44. The van der Waals surface area contributed by atoms with Crippen LogP contribution in [-0.4, -0.2) is 17.0 Å². The van der Waals surface area contributed by atoms with Crippen molar-refractivity contribution in [3.8, 4) is 0 Å². The molecular weight excluding hydrogens is 258 g/mol. The van der Waals surface area contributed by atoms with Gasteiger partial charge in [-0.2, -0.15) is 4.98 Å².